The van der Waals surface area contributed by atoms with Crippen molar-refractivity contribution in [2.45, 2.75) is 73.3 Å². The summed E-state index contributed by atoms with van der Waals surface area (Å²) in [6.07, 6.45) is -2.17. The van der Waals surface area contributed by atoms with Crippen molar-refractivity contribution in [1.29, 1.82) is 0 Å². The summed E-state index contributed by atoms with van der Waals surface area (Å²) in [7, 11) is -1.37. The van der Waals surface area contributed by atoms with E-state index in [1.165, 1.54) is 37.2 Å². The van der Waals surface area contributed by atoms with Gasteiger partial charge >= 0.3 is 14.7 Å². The zero-order valence-corrected chi connectivity index (χ0v) is 16.2. The van der Waals surface area contributed by atoms with Crippen molar-refractivity contribution in [3.63, 3.8) is 0 Å². The van der Waals surface area contributed by atoms with Crippen LogP contribution < -0.4 is 0 Å². The molecule has 0 aromatic heterocycles. The van der Waals surface area contributed by atoms with Gasteiger partial charge in [0.2, 0.25) is 0 Å². The van der Waals surface area contributed by atoms with Gasteiger partial charge in [0.25, 0.3) is 0 Å². The molecule has 1 aromatic carbocycles. The molecule has 1 rings (SSSR count). The lowest BCUT2D eigenvalue weighted by Crippen LogP contribution is -2.44. The van der Waals surface area contributed by atoms with Gasteiger partial charge in [0.1, 0.15) is 6.10 Å². The van der Waals surface area contributed by atoms with Crippen molar-refractivity contribution in [3.8, 4) is 0 Å². The van der Waals surface area contributed by atoms with Crippen LogP contribution in [0.1, 0.15) is 46.2 Å². The van der Waals surface area contributed by atoms with Crippen LogP contribution in [-0.4, -0.2) is 28.0 Å². The molecule has 2 atom stereocenters. The monoisotopic (exact) mass is 394 g/mol. The van der Waals surface area contributed by atoms with Gasteiger partial charge in [-0.3, -0.25) is 0 Å². The minimum Gasteiger partial charge on any atom is -0.398 e. The van der Waals surface area contributed by atoms with Gasteiger partial charge in [-0.05, 0) is 32.4 Å². The van der Waals surface area contributed by atoms with E-state index in [0.717, 1.165) is 6.92 Å². The van der Waals surface area contributed by atoms with E-state index in [2.05, 4.69) is 44.7 Å². The van der Waals surface area contributed by atoms with E-state index in [1.54, 1.807) is 6.55 Å². The third-order valence-electron chi connectivity index (χ3n) is 3.49. The topological polar surface area (TPSA) is 18.5 Å². The number of aryl methyl sites for hydroxylation is 2. The van der Waals surface area contributed by atoms with E-state index >= 15 is 0 Å². The highest BCUT2D eigenvalue weighted by atomic mass is 28.4. The minimum absolute atomic E-state index is 0. The fraction of sp³-hybridized carbons (Fsp3) is 0.600. The number of benzene rings is 1. The van der Waals surface area contributed by atoms with Crippen molar-refractivity contribution in [2.75, 3.05) is 7.11 Å². The second-order valence-corrected chi connectivity index (χ2v) is 9.19. The molecular formula is C20H37F3O2Si. The van der Waals surface area contributed by atoms with Gasteiger partial charge in [0, 0.05) is 13.2 Å². The van der Waals surface area contributed by atoms with Gasteiger partial charge in [-0.2, -0.15) is 13.2 Å². The summed E-state index contributed by atoms with van der Waals surface area (Å²) in [4.78, 5) is 0. The molecule has 0 aliphatic carbocycles. The number of alkyl halides is 3. The summed E-state index contributed by atoms with van der Waals surface area (Å²) in [6.45, 7) is 10.3. The van der Waals surface area contributed by atoms with Gasteiger partial charge in [-0.25, -0.2) is 0 Å². The van der Waals surface area contributed by atoms with Crippen LogP contribution in [-0.2, 0) is 15.3 Å². The molecule has 0 aliphatic rings. The Labute approximate surface area is 159 Å². The first-order valence-corrected chi connectivity index (χ1v) is 10.6. The first-order valence-electron chi connectivity index (χ1n) is 8.04. The van der Waals surface area contributed by atoms with Crippen LogP contribution in [0.15, 0.2) is 36.9 Å². The highest BCUT2D eigenvalue weighted by Crippen LogP contribution is 2.26. The Kier molecular flexibility index (Phi) is 16.0. The second-order valence-electron chi connectivity index (χ2n) is 5.87. The molecule has 0 saturated carbocycles. The zero-order valence-electron chi connectivity index (χ0n) is 15.2. The van der Waals surface area contributed by atoms with E-state index in [1.807, 2.05) is 0 Å². The molecule has 26 heavy (non-hydrogen) atoms. The van der Waals surface area contributed by atoms with E-state index in [9.17, 15) is 13.2 Å². The summed E-state index contributed by atoms with van der Waals surface area (Å²) >= 11 is 0. The van der Waals surface area contributed by atoms with Crippen molar-refractivity contribution in [1.82, 2.24) is 0 Å². The smallest absolute Gasteiger partial charge is 0.398 e. The maximum Gasteiger partial charge on any atom is 0.413 e. The second kappa shape index (κ2) is 14.0. The Morgan fingerprint density at radius 3 is 2.04 bits per heavy atom. The predicted molar refractivity (Wildman–Crippen MR) is 109 cm³/mol. The Hall–Kier alpha value is -1.11. The van der Waals surface area contributed by atoms with E-state index in [0.29, 0.717) is 6.04 Å². The minimum atomic E-state index is -4.34. The Balaban J connectivity index is -0.000000393. The molecule has 0 radical (unpaired) electrons. The first kappa shape index (κ1) is 29.6. The van der Waals surface area contributed by atoms with Gasteiger partial charge in [-0.1, -0.05) is 64.1 Å². The van der Waals surface area contributed by atoms with Crippen molar-refractivity contribution in [3.05, 3.63) is 48.0 Å². The average molecular weight is 395 g/mol. The van der Waals surface area contributed by atoms with Gasteiger partial charge in [-0.15, -0.1) is 6.58 Å². The molecule has 0 spiro atoms. The molecule has 0 N–H and O–H groups in total. The van der Waals surface area contributed by atoms with Crippen LogP contribution in [0.5, 0.6) is 0 Å². The number of rotatable bonds is 7. The van der Waals surface area contributed by atoms with Gasteiger partial charge in [0.15, 0.2) is 0 Å². The molecule has 6 heteroatoms. The molecule has 2 unspecified atom stereocenters. The Morgan fingerprint density at radius 2 is 1.69 bits per heavy atom. The third-order valence-corrected chi connectivity index (χ3v) is 6.24. The van der Waals surface area contributed by atoms with E-state index in [4.69, 9.17) is 8.85 Å². The van der Waals surface area contributed by atoms with E-state index < -0.39 is 20.8 Å². The molecule has 2 nitrogen and oxygen atoms in total. The number of hydrogen-bond acceptors (Lipinski definition) is 2. The number of allylic oxidation sites excluding steroid dienone is 1. The summed E-state index contributed by atoms with van der Waals surface area (Å²) in [5.74, 6) is 0. The normalized spacial score (nSPS) is 13.8. The van der Waals surface area contributed by atoms with Crippen LogP contribution in [0.4, 0.5) is 13.2 Å². The molecule has 0 aliphatic heterocycles. The molecule has 0 heterocycles. The molecular weight excluding hydrogens is 357 g/mol. The standard InChI is InChI=1S/C10H14.C8H15F3O2Si.2CH4/c1-3-4-10-7-5-9(2)6-8-10;1-5-6-14(4,12-3)13-7(2)8(9,10)11;;/h5-8H,3-4H2,1-2H3;5,7H,1,6H2,2-4H3;2*1H4. The Bertz CT molecular complexity index is 475. The maximum atomic E-state index is 12.2. The number of hydrogen-bond donors (Lipinski definition) is 0. The van der Waals surface area contributed by atoms with E-state index in [-0.39, 0.29) is 14.9 Å². The van der Waals surface area contributed by atoms with Crippen LogP contribution in [0.2, 0.25) is 12.6 Å². The fourth-order valence-corrected chi connectivity index (χ4v) is 3.69. The van der Waals surface area contributed by atoms with Crippen LogP contribution in [0.3, 0.4) is 0 Å². The lowest BCUT2D eigenvalue weighted by Gasteiger charge is -2.28. The lowest BCUT2D eigenvalue weighted by atomic mass is 10.1. The SMILES string of the molecule is C.C.C=CC[Si](C)(OC)OC(C)C(F)(F)F.CCCc1ccc(C)cc1. The van der Waals surface area contributed by atoms with Crippen molar-refractivity contribution >= 4 is 8.56 Å². The lowest BCUT2D eigenvalue weighted by molar-refractivity contribution is -0.195. The van der Waals surface area contributed by atoms with Gasteiger partial charge < -0.3 is 8.85 Å². The largest absolute Gasteiger partial charge is 0.413 e. The molecule has 0 amide bonds. The fourth-order valence-electron chi connectivity index (χ4n) is 1.93. The quantitative estimate of drug-likeness (QED) is 0.363. The molecule has 0 bridgehead atoms. The maximum absolute atomic E-state index is 12.2. The zero-order chi connectivity index (χ0) is 18.8. The van der Waals surface area contributed by atoms with Gasteiger partial charge in [0.05, 0.1) is 0 Å². The number of halogens is 3. The van der Waals surface area contributed by atoms with Crippen molar-refractivity contribution < 1.29 is 22.0 Å². The highest BCUT2D eigenvalue weighted by molar-refractivity contribution is 6.66. The highest BCUT2D eigenvalue weighted by Gasteiger charge is 2.42. The van der Waals surface area contributed by atoms with Crippen LogP contribution >= 0.6 is 0 Å². The predicted octanol–water partition coefficient (Wildman–Crippen LogP) is 7.08. The molecule has 154 valence electrons. The van der Waals surface area contributed by atoms with Crippen molar-refractivity contribution in [2.24, 2.45) is 0 Å². The summed E-state index contributed by atoms with van der Waals surface area (Å²) in [5, 5.41) is 0. The third kappa shape index (κ3) is 12.3. The summed E-state index contributed by atoms with van der Waals surface area (Å²) in [5.41, 5.74) is 2.80. The Morgan fingerprint density at radius 1 is 1.19 bits per heavy atom. The molecule has 0 fully saturated rings. The van der Waals surface area contributed by atoms with Crippen LogP contribution in [0, 0.1) is 6.92 Å². The van der Waals surface area contributed by atoms with Crippen LogP contribution in [0.25, 0.3) is 0 Å². The molecule has 1 aromatic rings. The average Bonchev–Trinajstić information content (AvgIpc) is 2.50. The summed E-state index contributed by atoms with van der Waals surface area (Å²) in [6, 6.07) is 9.09. The summed E-state index contributed by atoms with van der Waals surface area (Å²) < 4.78 is 46.4. The molecule has 0 saturated heterocycles. The first-order chi connectivity index (χ1) is 11.1.